The first kappa shape index (κ1) is 15.0. The van der Waals surface area contributed by atoms with Crippen molar-refractivity contribution >= 4 is 10.1 Å². The van der Waals surface area contributed by atoms with Gasteiger partial charge in [-0.2, -0.15) is 8.42 Å². The van der Waals surface area contributed by atoms with E-state index in [1.54, 1.807) is 18.2 Å². The molecule has 0 saturated carbocycles. The average molecular weight is 303 g/mol. The van der Waals surface area contributed by atoms with Crippen molar-refractivity contribution < 1.29 is 27.6 Å². The highest BCUT2D eigenvalue weighted by Crippen LogP contribution is 2.32. The Labute approximate surface area is 117 Å². The summed E-state index contributed by atoms with van der Waals surface area (Å²) in [7, 11) is -4.07. The lowest BCUT2D eigenvalue weighted by Crippen LogP contribution is -2.39. The number of rotatable bonds is 6. The minimum atomic E-state index is -4.07. The van der Waals surface area contributed by atoms with Gasteiger partial charge in [-0.25, -0.2) is 0 Å². The van der Waals surface area contributed by atoms with Gasteiger partial charge in [0, 0.05) is 13.1 Å². The first-order valence-electron chi connectivity index (χ1n) is 6.17. The monoisotopic (exact) mass is 303 g/mol. The SMILES string of the molecule is O=S(=O)(O)Cc1ccc2c(c1)OC(CNCCO)CO2. The molecule has 1 aliphatic heterocycles. The van der Waals surface area contributed by atoms with Crippen LogP contribution in [0.1, 0.15) is 5.56 Å². The molecule has 0 fully saturated rings. The molecule has 0 spiro atoms. The minimum Gasteiger partial charge on any atom is -0.486 e. The third-order valence-electron chi connectivity index (χ3n) is 2.74. The molecule has 1 unspecified atom stereocenters. The molecule has 3 N–H and O–H groups in total. The topological polar surface area (TPSA) is 105 Å². The Balaban J connectivity index is 2.04. The minimum absolute atomic E-state index is 0.0443. The van der Waals surface area contributed by atoms with E-state index in [9.17, 15) is 8.42 Å². The zero-order valence-corrected chi connectivity index (χ0v) is 11.6. The van der Waals surface area contributed by atoms with Crippen molar-refractivity contribution in [2.45, 2.75) is 11.9 Å². The standard InChI is InChI=1S/C12H17NO6S/c14-4-3-13-6-10-7-18-11-2-1-9(5-12(11)19-10)8-20(15,16)17/h1-2,5,10,13-14H,3-4,6-8H2,(H,15,16,17). The third-order valence-corrected chi connectivity index (χ3v) is 3.43. The quantitative estimate of drug-likeness (QED) is 0.493. The van der Waals surface area contributed by atoms with Crippen LogP contribution in [0.25, 0.3) is 0 Å². The van der Waals surface area contributed by atoms with Crippen LogP contribution in [-0.4, -0.2) is 50.5 Å². The lowest BCUT2D eigenvalue weighted by Gasteiger charge is -2.27. The van der Waals surface area contributed by atoms with Gasteiger partial charge in [-0.15, -0.1) is 0 Å². The summed E-state index contributed by atoms with van der Waals surface area (Å²) in [6.45, 7) is 1.41. The van der Waals surface area contributed by atoms with E-state index >= 15 is 0 Å². The summed E-state index contributed by atoms with van der Waals surface area (Å²) in [5.41, 5.74) is 0.429. The molecule has 0 aliphatic carbocycles. The van der Waals surface area contributed by atoms with Crippen molar-refractivity contribution in [3.8, 4) is 11.5 Å². The number of ether oxygens (including phenoxy) is 2. The Bertz CT molecular complexity index is 559. The van der Waals surface area contributed by atoms with Crippen LogP contribution < -0.4 is 14.8 Å². The predicted molar refractivity (Wildman–Crippen MR) is 71.6 cm³/mol. The maximum absolute atomic E-state index is 10.9. The molecule has 1 heterocycles. The largest absolute Gasteiger partial charge is 0.486 e. The average Bonchev–Trinajstić information content (AvgIpc) is 2.37. The first-order valence-corrected chi connectivity index (χ1v) is 7.78. The Morgan fingerprint density at radius 1 is 1.35 bits per heavy atom. The molecule has 0 aromatic heterocycles. The van der Waals surface area contributed by atoms with Gasteiger partial charge in [-0.05, 0) is 17.7 Å². The van der Waals surface area contributed by atoms with Crippen molar-refractivity contribution in [2.75, 3.05) is 26.3 Å². The fourth-order valence-electron chi connectivity index (χ4n) is 1.90. The van der Waals surface area contributed by atoms with Crippen LogP contribution in [0, 0.1) is 0 Å². The van der Waals surface area contributed by atoms with Crippen LogP contribution >= 0.6 is 0 Å². The maximum atomic E-state index is 10.9. The molecule has 0 amide bonds. The Kier molecular flexibility index (Phi) is 4.81. The van der Waals surface area contributed by atoms with Gasteiger partial charge in [-0.3, -0.25) is 4.55 Å². The second-order valence-electron chi connectivity index (χ2n) is 4.49. The van der Waals surface area contributed by atoms with Crippen LogP contribution in [0.5, 0.6) is 11.5 Å². The zero-order chi connectivity index (χ0) is 14.6. The van der Waals surface area contributed by atoms with E-state index in [1.807, 2.05) is 0 Å². The summed E-state index contributed by atoms with van der Waals surface area (Å²) < 4.78 is 41.8. The fourth-order valence-corrected chi connectivity index (χ4v) is 2.50. The summed E-state index contributed by atoms with van der Waals surface area (Å²) in [5, 5.41) is 11.7. The van der Waals surface area contributed by atoms with Gasteiger partial charge >= 0.3 is 0 Å². The predicted octanol–water partition coefficient (Wildman–Crippen LogP) is -0.204. The van der Waals surface area contributed by atoms with Gasteiger partial charge in [-0.1, -0.05) is 6.07 Å². The van der Waals surface area contributed by atoms with Crippen molar-refractivity contribution in [2.24, 2.45) is 0 Å². The second-order valence-corrected chi connectivity index (χ2v) is 5.94. The van der Waals surface area contributed by atoms with E-state index in [4.69, 9.17) is 19.1 Å². The smallest absolute Gasteiger partial charge is 0.269 e. The zero-order valence-electron chi connectivity index (χ0n) is 10.8. The highest BCUT2D eigenvalue weighted by molar-refractivity contribution is 7.85. The van der Waals surface area contributed by atoms with Gasteiger partial charge in [0.2, 0.25) is 0 Å². The molecule has 0 bridgehead atoms. The van der Waals surface area contributed by atoms with Crippen LogP contribution in [0.4, 0.5) is 0 Å². The molecule has 0 saturated heterocycles. The molecule has 0 radical (unpaired) electrons. The van der Waals surface area contributed by atoms with E-state index in [0.29, 0.717) is 36.8 Å². The van der Waals surface area contributed by atoms with Crippen LogP contribution in [-0.2, 0) is 15.9 Å². The van der Waals surface area contributed by atoms with E-state index in [-0.39, 0.29) is 12.7 Å². The van der Waals surface area contributed by atoms with E-state index in [1.165, 1.54) is 0 Å². The number of aliphatic hydroxyl groups is 1. The molecule has 1 aromatic rings. The lowest BCUT2D eigenvalue weighted by molar-refractivity contribution is 0.0894. The van der Waals surface area contributed by atoms with Gasteiger partial charge in [0.1, 0.15) is 18.5 Å². The van der Waals surface area contributed by atoms with E-state index in [0.717, 1.165) is 0 Å². The number of nitrogens with one attached hydrogen (secondary N) is 1. The Morgan fingerprint density at radius 2 is 2.15 bits per heavy atom. The number of benzene rings is 1. The lowest BCUT2D eigenvalue weighted by atomic mass is 10.2. The van der Waals surface area contributed by atoms with Crippen LogP contribution in [0.3, 0.4) is 0 Å². The third kappa shape index (κ3) is 4.34. The highest BCUT2D eigenvalue weighted by atomic mass is 32.2. The van der Waals surface area contributed by atoms with Crippen molar-refractivity contribution in [1.29, 1.82) is 0 Å². The molecule has 1 atom stereocenters. The summed E-state index contributed by atoms with van der Waals surface area (Å²) in [6.07, 6.45) is -0.213. The van der Waals surface area contributed by atoms with Crippen LogP contribution in [0.2, 0.25) is 0 Å². The molecule has 2 rings (SSSR count). The first-order chi connectivity index (χ1) is 9.48. The van der Waals surface area contributed by atoms with Gasteiger partial charge < -0.3 is 19.9 Å². The Morgan fingerprint density at radius 3 is 2.85 bits per heavy atom. The number of aliphatic hydroxyl groups excluding tert-OH is 1. The molecular weight excluding hydrogens is 286 g/mol. The second kappa shape index (κ2) is 6.40. The van der Waals surface area contributed by atoms with E-state index < -0.39 is 15.9 Å². The van der Waals surface area contributed by atoms with Crippen molar-refractivity contribution in [1.82, 2.24) is 5.32 Å². The number of fused-ring (bicyclic) bond motifs is 1. The maximum Gasteiger partial charge on any atom is 0.269 e. The van der Waals surface area contributed by atoms with Crippen LogP contribution in [0.15, 0.2) is 18.2 Å². The van der Waals surface area contributed by atoms with Crippen molar-refractivity contribution in [3.05, 3.63) is 23.8 Å². The summed E-state index contributed by atoms with van der Waals surface area (Å²) in [4.78, 5) is 0. The van der Waals surface area contributed by atoms with Gasteiger partial charge in [0.05, 0.1) is 6.61 Å². The molecule has 1 aromatic carbocycles. The summed E-state index contributed by atoms with van der Waals surface area (Å²) in [5.74, 6) is 0.535. The number of hydrogen-bond donors (Lipinski definition) is 3. The number of hydrogen-bond acceptors (Lipinski definition) is 6. The fraction of sp³-hybridized carbons (Fsp3) is 0.500. The molecule has 20 heavy (non-hydrogen) atoms. The van der Waals surface area contributed by atoms with E-state index in [2.05, 4.69) is 5.32 Å². The summed E-state index contributed by atoms with van der Waals surface area (Å²) >= 11 is 0. The molecule has 7 nitrogen and oxygen atoms in total. The molecule has 1 aliphatic rings. The molecular formula is C12H17NO6S. The molecule has 8 heteroatoms. The normalized spacial score (nSPS) is 18.0. The van der Waals surface area contributed by atoms with Gasteiger partial charge in [0.15, 0.2) is 11.5 Å². The van der Waals surface area contributed by atoms with Crippen molar-refractivity contribution in [3.63, 3.8) is 0 Å². The summed E-state index contributed by atoms with van der Waals surface area (Å²) in [6, 6.07) is 4.73. The molecule has 112 valence electrons. The highest BCUT2D eigenvalue weighted by Gasteiger charge is 2.21. The van der Waals surface area contributed by atoms with Gasteiger partial charge in [0.25, 0.3) is 10.1 Å². The Hall–Kier alpha value is -1.35.